The SMILES string of the molecule is Cc1cccc(/C=C(\NC(=O)c2ccccc2)C(=O)Nc2ccc(SC(C(=O)Nc3nccs3)c3ccccc3)cc2)c1. The number of nitrogens with one attached hydrogen (secondary N) is 3. The van der Waals surface area contributed by atoms with E-state index in [0.29, 0.717) is 16.4 Å². The first-order chi connectivity index (χ1) is 20.9. The van der Waals surface area contributed by atoms with Crippen molar-refractivity contribution < 1.29 is 14.4 Å². The summed E-state index contributed by atoms with van der Waals surface area (Å²) in [6.45, 7) is 1.96. The highest BCUT2D eigenvalue weighted by atomic mass is 32.2. The molecule has 5 rings (SSSR count). The number of aryl methyl sites for hydroxylation is 1. The second-order valence-electron chi connectivity index (χ2n) is 9.51. The first-order valence-corrected chi connectivity index (χ1v) is 15.2. The van der Waals surface area contributed by atoms with E-state index in [9.17, 15) is 14.4 Å². The van der Waals surface area contributed by atoms with E-state index in [1.165, 1.54) is 23.1 Å². The van der Waals surface area contributed by atoms with Crippen LogP contribution in [0.5, 0.6) is 0 Å². The molecular formula is C34H28N4O3S2. The molecule has 214 valence electrons. The third kappa shape index (κ3) is 8.28. The lowest BCUT2D eigenvalue weighted by Crippen LogP contribution is -2.30. The number of thiazole rings is 1. The molecule has 1 heterocycles. The molecule has 1 aromatic heterocycles. The number of hydrogen-bond acceptors (Lipinski definition) is 6. The van der Waals surface area contributed by atoms with Gasteiger partial charge in [-0.3, -0.25) is 14.4 Å². The Morgan fingerprint density at radius 2 is 1.56 bits per heavy atom. The van der Waals surface area contributed by atoms with Crippen molar-refractivity contribution in [3.05, 3.63) is 149 Å². The fraction of sp³-hybridized carbons (Fsp3) is 0.0588. The number of amides is 3. The van der Waals surface area contributed by atoms with Gasteiger partial charge in [0, 0.05) is 27.7 Å². The molecule has 0 spiro atoms. The van der Waals surface area contributed by atoms with Gasteiger partial charge in [0.05, 0.1) is 0 Å². The molecule has 3 amide bonds. The Kier molecular flexibility index (Phi) is 9.78. The van der Waals surface area contributed by atoms with Crippen molar-refractivity contribution in [1.29, 1.82) is 0 Å². The first kappa shape index (κ1) is 29.5. The molecule has 0 bridgehead atoms. The average Bonchev–Trinajstić information content (AvgIpc) is 3.54. The monoisotopic (exact) mass is 604 g/mol. The van der Waals surface area contributed by atoms with Crippen LogP contribution in [0, 0.1) is 6.92 Å². The van der Waals surface area contributed by atoms with Crippen molar-refractivity contribution in [2.75, 3.05) is 10.6 Å². The maximum atomic E-state index is 13.4. The molecule has 5 aromatic rings. The van der Waals surface area contributed by atoms with Crippen LogP contribution >= 0.6 is 23.1 Å². The van der Waals surface area contributed by atoms with E-state index in [1.54, 1.807) is 48.7 Å². The van der Waals surface area contributed by atoms with Crippen LogP contribution in [0.25, 0.3) is 6.08 Å². The Balaban J connectivity index is 1.32. The smallest absolute Gasteiger partial charge is 0.272 e. The van der Waals surface area contributed by atoms with E-state index in [4.69, 9.17) is 0 Å². The van der Waals surface area contributed by atoms with Gasteiger partial charge in [0.25, 0.3) is 11.8 Å². The van der Waals surface area contributed by atoms with Gasteiger partial charge in [-0.15, -0.1) is 23.1 Å². The van der Waals surface area contributed by atoms with E-state index >= 15 is 0 Å². The van der Waals surface area contributed by atoms with Gasteiger partial charge in [0.1, 0.15) is 10.9 Å². The molecule has 0 fully saturated rings. The summed E-state index contributed by atoms with van der Waals surface area (Å²) in [5.74, 6) is -1.02. The minimum absolute atomic E-state index is 0.112. The van der Waals surface area contributed by atoms with Gasteiger partial charge in [-0.05, 0) is 60.5 Å². The molecule has 0 aliphatic rings. The number of carbonyl (C=O) groups excluding carboxylic acids is 3. The van der Waals surface area contributed by atoms with Crippen LogP contribution in [0.4, 0.5) is 10.8 Å². The van der Waals surface area contributed by atoms with E-state index in [1.807, 2.05) is 85.1 Å². The molecule has 0 saturated heterocycles. The minimum Gasteiger partial charge on any atom is -0.321 e. The zero-order chi connectivity index (χ0) is 30.0. The normalized spacial score (nSPS) is 11.8. The number of rotatable bonds is 10. The van der Waals surface area contributed by atoms with Crippen molar-refractivity contribution in [3.8, 4) is 0 Å². The predicted molar refractivity (Wildman–Crippen MR) is 174 cm³/mol. The zero-order valence-electron chi connectivity index (χ0n) is 23.2. The van der Waals surface area contributed by atoms with Gasteiger partial charge in [0.2, 0.25) is 5.91 Å². The number of aromatic nitrogens is 1. The summed E-state index contributed by atoms with van der Waals surface area (Å²) in [7, 11) is 0. The lowest BCUT2D eigenvalue weighted by Gasteiger charge is -2.16. The van der Waals surface area contributed by atoms with Gasteiger partial charge in [-0.1, -0.05) is 78.4 Å². The van der Waals surface area contributed by atoms with Gasteiger partial charge in [-0.2, -0.15) is 0 Å². The van der Waals surface area contributed by atoms with E-state index in [2.05, 4.69) is 20.9 Å². The average molecular weight is 605 g/mol. The Bertz CT molecular complexity index is 1720. The second kappa shape index (κ2) is 14.3. The Morgan fingerprint density at radius 3 is 2.23 bits per heavy atom. The van der Waals surface area contributed by atoms with Crippen LogP contribution < -0.4 is 16.0 Å². The Labute approximate surface area is 258 Å². The molecule has 0 aliphatic heterocycles. The first-order valence-electron chi connectivity index (χ1n) is 13.4. The summed E-state index contributed by atoms with van der Waals surface area (Å²) in [6, 6.07) is 33.2. The number of benzene rings is 4. The summed E-state index contributed by atoms with van der Waals surface area (Å²) in [5.41, 5.74) is 3.78. The Hall–Kier alpha value is -4.99. The minimum atomic E-state index is -0.511. The number of hydrogen-bond donors (Lipinski definition) is 3. The van der Waals surface area contributed by atoms with Crippen LogP contribution in [-0.2, 0) is 9.59 Å². The number of thioether (sulfide) groups is 1. The number of anilines is 2. The van der Waals surface area contributed by atoms with Gasteiger partial charge >= 0.3 is 0 Å². The van der Waals surface area contributed by atoms with Crippen molar-refractivity contribution >= 4 is 57.7 Å². The van der Waals surface area contributed by atoms with Crippen molar-refractivity contribution in [3.63, 3.8) is 0 Å². The predicted octanol–water partition coefficient (Wildman–Crippen LogP) is 7.33. The molecule has 9 heteroatoms. The highest BCUT2D eigenvalue weighted by Gasteiger charge is 2.23. The molecule has 0 saturated carbocycles. The molecule has 43 heavy (non-hydrogen) atoms. The summed E-state index contributed by atoms with van der Waals surface area (Å²) >= 11 is 2.76. The largest absolute Gasteiger partial charge is 0.321 e. The zero-order valence-corrected chi connectivity index (χ0v) is 24.8. The Morgan fingerprint density at radius 1 is 0.837 bits per heavy atom. The summed E-state index contributed by atoms with van der Waals surface area (Å²) < 4.78 is 0. The van der Waals surface area contributed by atoms with E-state index in [-0.39, 0.29) is 17.5 Å². The van der Waals surface area contributed by atoms with Crippen molar-refractivity contribution in [1.82, 2.24) is 10.3 Å². The maximum Gasteiger partial charge on any atom is 0.272 e. The lowest BCUT2D eigenvalue weighted by atomic mass is 10.1. The van der Waals surface area contributed by atoms with Gasteiger partial charge in [0.15, 0.2) is 5.13 Å². The molecular weight excluding hydrogens is 577 g/mol. The molecule has 3 N–H and O–H groups in total. The third-order valence-electron chi connectivity index (χ3n) is 6.25. The van der Waals surface area contributed by atoms with E-state index in [0.717, 1.165) is 21.6 Å². The van der Waals surface area contributed by atoms with Crippen LogP contribution in [0.1, 0.15) is 32.3 Å². The fourth-order valence-electron chi connectivity index (χ4n) is 4.18. The van der Waals surface area contributed by atoms with Crippen LogP contribution in [0.3, 0.4) is 0 Å². The van der Waals surface area contributed by atoms with Crippen LogP contribution in [-0.4, -0.2) is 22.7 Å². The second-order valence-corrected chi connectivity index (χ2v) is 11.6. The summed E-state index contributed by atoms with van der Waals surface area (Å²) in [5, 5.41) is 10.4. The molecule has 0 aliphatic carbocycles. The standard InChI is InChI=1S/C34H28N4O3S2/c1-23-9-8-10-24(21-23)22-29(37-31(39)26-13-6-3-7-14-26)32(40)36-27-15-17-28(18-16-27)43-30(25-11-4-2-5-12-25)33(41)38-34-35-19-20-42-34/h2-22,30H,1H3,(H,36,40)(H,37,39)(H,35,38,41)/b29-22-. The molecule has 7 nitrogen and oxygen atoms in total. The fourth-order valence-corrected chi connectivity index (χ4v) is 5.73. The van der Waals surface area contributed by atoms with Crippen LogP contribution in [0.15, 0.2) is 131 Å². The summed E-state index contributed by atoms with van der Waals surface area (Å²) in [6.07, 6.45) is 3.30. The highest BCUT2D eigenvalue weighted by Crippen LogP contribution is 2.37. The van der Waals surface area contributed by atoms with Crippen LogP contribution in [0.2, 0.25) is 0 Å². The molecule has 1 unspecified atom stereocenters. The highest BCUT2D eigenvalue weighted by molar-refractivity contribution is 8.00. The molecule has 1 atom stereocenters. The third-order valence-corrected chi connectivity index (χ3v) is 8.21. The molecule has 4 aromatic carbocycles. The topological polar surface area (TPSA) is 100 Å². The van der Waals surface area contributed by atoms with E-state index < -0.39 is 11.2 Å². The molecule has 0 radical (unpaired) electrons. The van der Waals surface area contributed by atoms with Gasteiger partial charge < -0.3 is 16.0 Å². The van der Waals surface area contributed by atoms with Crippen molar-refractivity contribution in [2.45, 2.75) is 17.1 Å². The van der Waals surface area contributed by atoms with Gasteiger partial charge in [-0.25, -0.2) is 4.98 Å². The maximum absolute atomic E-state index is 13.4. The number of nitrogens with zero attached hydrogens (tertiary/aromatic N) is 1. The summed E-state index contributed by atoms with van der Waals surface area (Å²) in [4.78, 5) is 44.5. The quantitative estimate of drug-likeness (QED) is 0.114. The van der Waals surface area contributed by atoms with Crippen molar-refractivity contribution in [2.24, 2.45) is 0 Å². The number of carbonyl (C=O) groups is 3. The lowest BCUT2D eigenvalue weighted by molar-refractivity contribution is -0.116.